The molecule has 2 N–H and O–H groups in total. The zero-order chi connectivity index (χ0) is 14.9. The Hall–Kier alpha value is -2.42. The lowest BCUT2D eigenvalue weighted by Gasteiger charge is -2.27. The smallest absolute Gasteiger partial charge is 0.0994 e. The predicted octanol–water partition coefficient (Wildman–Crippen LogP) is 4.73. The molecule has 0 fully saturated rings. The van der Waals surface area contributed by atoms with E-state index in [0.717, 1.165) is 13.0 Å². The van der Waals surface area contributed by atoms with Crippen LogP contribution in [-0.4, -0.2) is 11.1 Å². The molecule has 0 aliphatic carbocycles. The Bertz CT molecular complexity index is 790. The van der Waals surface area contributed by atoms with Crippen molar-refractivity contribution in [1.82, 2.24) is 4.98 Å². The molecule has 2 aromatic carbocycles. The summed E-state index contributed by atoms with van der Waals surface area (Å²) < 4.78 is 0. The van der Waals surface area contributed by atoms with Gasteiger partial charge in [-0.2, -0.15) is 0 Å². The fourth-order valence-corrected chi connectivity index (χ4v) is 3.37. The monoisotopic (exact) mass is 291 g/mol. The fraction of sp³-hybridized carbons (Fsp3) is 0.263. The van der Waals surface area contributed by atoms with Crippen molar-refractivity contribution in [3.63, 3.8) is 0 Å². The number of para-hydroxylation sites is 2. The summed E-state index contributed by atoms with van der Waals surface area (Å²) in [7, 11) is 0. The second-order valence-electron chi connectivity index (χ2n) is 5.99. The second kappa shape index (κ2) is 5.41. The van der Waals surface area contributed by atoms with Crippen LogP contribution in [0.15, 0.2) is 54.7 Å². The van der Waals surface area contributed by atoms with Crippen molar-refractivity contribution in [3.05, 3.63) is 60.3 Å². The number of nitrogens with one attached hydrogen (secondary N) is 2. The highest BCUT2D eigenvalue weighted by Crippen LogP contribution is 2.36. The molecule has 22 heavy (non-hydrogen) atoms. The number of anilines is 2. The average Bonchev–Trinajstić information content (AvgIpc) is 3.13. The maximum absolute atomic E-state index is 3.66. The lowest BCUT2D eigenvalue weighted by atomic mass is 10.1. The number of benzene rings is 2. The van der Waals surface area contributed by atoms with Crippen molar-refractivity contribution in [2.75, 3.05) is 10.2 Å². The summed E-state index contributed by atoms with van der Waals surface area (Å²) in [4.78, 5) is 5.75. The maximum atomic E-state index is 3.66. The number of rotatable bonds is 4. The third-order valence-corrected chi connectivity index (χ3v) is 4.44. The number of aromatic amines is 1. The largest absolute Gasteiger partial charge is 0.363 e. The van der Waals surface area contributed by atoms with Crippen LogP contribution >= 0.6 is 0 Å². The molecule has 1 aliphatic rings. The highest BCUT2D eigenvalue weighted by Gasteiger charge is 2.27. The molecule has 1 unspecified atom stereocenters. The highest BCUT2D eigenvalue weighted by atomic mass is 15.3. The van der Waals surface area contributed by atoms with Crippen molar-refractivity contribution in [3.8, 4) is 0 Å². The van der Waals surface area contributed by atoms with Gasteiger partial charge in [-0.15, -0.1) is 0 Å². The van der Waals surface area contributed by atoms with Crippen LogP contribution < -0.4 is 10.2 Å². The molecule has 1 atom stereocenters. The molecule has 0 radical (unpaired) electrons. The molecule has 0 saturated heterocycles. The molecule has 0 saturated carbocycles. The van der Waals surface area contributed by atoms with Crippen LogP contribution in [0.4, 0.5) is 11.4 Å². The normalized spacial score (nSPS) is 16.8. The van der Waals surface area contributed by atoms with E-state index >= 15 is 0 Å². The van der Waals surface area contributed by atoms with Crippen LogP contribution in [0, 0.1) is 0 Å². The van der Waals surface area contributed by atoms with Crippen LogP contribution in [0.25, 0.3) is 10.9 Å². The van der Waals surface area contributed by atoms with Gasteiger partial charge in [0.25, 0.3) is 0 Å². The van der Waals surface area contributed by atoms with Crippen LogP contribution in [0.1, 0.15) is 25.3 Å². The SMILES string of the molecule is CCCC1Nc2ccccc2N1Cc1ccc2[nH]ccc2c1. The first-order valence-corrected chi connectivity index (χ1v) is 8.03. The van der Waals surface area contributed by atoms with Gasteiger partial charge in [-0.05, 0) is 47.7 Å². The Morgan fingerprint density at radius 2 is 2.00 bits per heavy atom. The predicted molar refractivity (Wildman–Crippen MR) is 93.2 cm³/mol. The van der Waals surface area contributed by atoms with Gasteiger partial charge >= 0.3 is 0 Å². The van der Waals surface area contributed by atoms with E-state index in [1.165, 1.54) is 34.3 Å². The Labute approximate surface area is 131 Å². The van der Waals surface area contributed by atoms with E-state index < -0.39 is 0 Å². The summed E-state index contributed by atoms with van der Waals surface area (Å²) in [6, 6.07) is 17.4. The van der Waals surface area contributed by atoms with E-state index in [1.54, 1.807) is 0 Å². The standard InChI is InChI=1S/C19H21N3/c1-2-5-19-21-17-6-3-4-7-18(17)22(19)13-14-8-9-16-15(12-14)10-11-20-16/h3-4,6-12,19-21H,2,5,13H2,1H3. The summed E-state index contributed by atoms with van der Waals surface area (Å²) >= 11 is 0. The van der Waals surface area contributed by atoms with Gasteiger partial charge in [-0.3, -0.25) is 0 Å². The number of aromatic nitrogens is 1. The van der Waals surface area contributed by atoms with Crippen molar-refractivity contribution < 1.29 is 0 Å². The molecule has 0 bridgehead atoms. The van der Waals surface area contributed by atoms with Crippen LogP contribution in [-0.2, 0) is 6.54 Å². The molecule has 0 spiro atoms. The first-order chi connectivity index (χ1) is 10.8. The van der Waals surface area contributed by atoms with Crippen molar-refractivity contribution in [1.29, 1.82) is 0 Å². The minimum Gasteiger partial charge on any atom is -0.363 e. The Kier molecular flexibility index (Phi) is 3.26. The number of hydrogen-bond donors (Lipinski definition) is 2. The lowest BCUT2D eigenvalue weighted by molar-refractivity contribution is 0.610. The molecule has 0 amide bonds. The molecule has 4 rings (SSSR count). The number of nitrogens with zero attached hydrogens (tertiary/aromatic N) is 1. The topological polar surface area (TPSA) is 31.1 Å². The maximum Gasteiger partial charge on any atom is 0.0994 e. The Morgan fingerprint density at radius 1 is 1.09 bits per heavy atom. The minimum atomic E-state index is 0.393. The minimum absolute atomic E-state index is 0.393. The van der Waals surface area contributed by atoms with Crippen molar-refractivity contribution in [2.24, 2.45) is 0 Å². The average molecular weight is 291 g/mol. The van der Waals surface area contributed by atoms with Crippen LogP contribution in [0.2, 0.25) is 0 Å². The van der Waals surface area contributed by atoms with Crippen LogP contribution in [0.5, 0.6) is 0 Å². The molecule has 3 nitrogen and oxygen atoms in total. The first kappa shape index (κ1) is 13.3. The molecule has 2 heterocycles. The number of H-pyrrole nitrogens is 1. The second-order valence-corrected chi connectivity index (χ2v) is 5.99. The molecular weight excluding hydrogens is 270 g/mol. The van der Waals surface area contributed by atoms with Gasteiger partial charge in [0.1, 0.15) is 0 Å². The van der Waals surface area contributed by atoms with Gasteiger partial charge in [0, 0.05) is 18.3 Å². The van der Waals surface area contributed by atoms with Gasteiger partial charge in [-0.1, -0.05) is 31.5 Å². The van der Waals surface area contributed by atoms with E-state index in [0.29, 0.717) is 6.17 Å². The number of fused-ring (bicyclic) bond motifs is 2. The van der Waals surface area contributed by atoms with Gasteiger partial charge in [0.2, 0.25) is 0 Å². The first-order valence-electron chi connectivity index (χ1n) is 8.03. The van der Waals surface area contributed by atoms with Crippen LogP contribution in [0.3, 0.4) is 0 Å². The van der Waals surface area contributed by atoms with E-state index in [9.17, 15) is 0 Å². The Morgan fingerprint density at radius 3 is 2.91 bits per heavy atom. The summed E-state index contributed by atoms with van der Waals surface area (Å²) in [5.74, 6) is 0. The van der Waals surface area contributed by atoms with Crippen molar-refractivity contribution in [2.45, 2.75) is 32.5 Å². The summed E-state index contributed by atoms with van der Waals surface area (Å²) in [6.07, 6.45) is 4.73. The molecule has 3 heteroatoms. The third-order valence-electron chi connectivity index (χ3n) is 4.44. The summed E-state index contributed by atoms with van der Waals surface area (Å²) in [5, 5.41) is 4.94. The summed E-state index contributed by atoms with van der Waals surface area (Å²) in [5.41, 5.74) is 5.12. The third kappa shape index (κ3) is 2.23. The zero-order valence-electron chi connectivity index (χ0n) is 12.8. The lowest BCUT2D eigenvalue weighted by Crippen LogP contribution is -2.34. The molecule has 1 aromatic heterocycles. The molecule has 112 valence electrons. The van der Waals surface area contributed by atoms with Gasteiger partial charge in [0.15, 0.2) is 0 Å². The van der Waals surface area contributed by atoms with E-state index in [2.05, 4.69) is 70.7 Å². The van der Waals surface area contributed by atoms with E-state index in [4.69, 9.17) is 0 Å². The Balaban J connectivity index is 1.66. The zero-order valence-corrected chi connectivity index (χ0v) is 12.8. The van der Waals surface area contributed by atoms with Gasteiger partial charge in [0.05, 0.1) is 17.5 Å². The molecule has 1 aliphatic heterocycles. The number of hydrogen-bond acceptors (Lipinski definition) is 2. The van der Waals surface area contributed by atoms with E-state index in [1.807, 2.05) is 6.20 Å². The molecular formula is C19H21N3. The fourth-order valence-electron chi connectivity index (χ4n) is 3.37. The summed E-state index contributed by atoms with van der Waals surface area (Å²) in [6.45, 7) is 3.19. The van der Waals surface area contributed by atoms with E-state index in [-0.39, 0.29) is 0 Å². The van der Waals surface area contributed by atoms with Crippen molar-refractivity contribution >= 4 is 22.3 Å². The quantitative estimate of drug-likeness (QED) is 0.728. The highest BCUT2D eigenvalue weighted by molar-refractivity contribution is 5.80. The molecule has 3 aromatic rings. The van der Waals surface area contributed by atoms with Gasteiger partial charge < -0.3 is 15.2 Å². The van der Waals surface area contributed by atoms with Gasteiger partial charge in [-0.25, -0.2) is 0 Å².